The fourth-order valence-electron chi connectivity index (χ4n) is 1.10. The molecule has 0 saturated heterocycles. The van der Waals surface area contributed by atoms with E-state index in [2.05, 4.69) is 41.0 Å². The Morgan fingerprint density at radius 2 is 1.22 bits per heavy atom. The Hall–Kier alpha value is -2.52. The quantitative estimate of drug-likeness (QED) is 0.507. The first-order valence-corrected chi connectivity index (χ1v) is 5.14. The van der Waals surface area contributed by atoms with Gasteiger partial charge in [-0.2, -0.15) is 19.8 Å². The maximum Gasteiger partial charge on any atom is 0.220 e. The third kappa shape index (κ3) is 2.59. The molecule has 0 N–H and O–H groups in total. The molecule has 0 saturated carbocycles. The third-order valence-electron chi connectivity index (χ3n) is 2.01. The van der Waals surface area contributed by atoms with Crippen LogP contribution in [-0.2, 0) is 14.1 Å². The van der Waals surface area contributed by atoms with E-state index in [4.69, 9.17) is 0 Å². The van der Waals surface area contributed by atoms with Crippen molar-refractivity contribution in [3.05, 3.63) is 11.6 Å². The highest BCUT2D eigenvalue weighted by Crippen LogP contribution is 1.95. The minimum absolute atomic E-state index is 0.432. The van der Waals surface area contributed by atoms with Crippen molar-refractivity contribution in [2.45, 2.75) is 13.8 Å². The Morgan fingerprint density at radius 3 is 1.50 bits per heavy atom. The minimum Gasteiger partial charge on any atom is -0.167 e. The van der Waals surface area contributed by atoms with Gasteiger partial charge in [0.25, 0.3) is 0 Å². The second-order valence-electron chi connectivity index (χ2n) is 3.58. The second-order valence-corrected chi connectivity index (χ2v) is 3.58. The summed E-state index contributed by atoms with van der Waals surface area (Å²) >= 11 is 0. The highest BCUT2D eigenvalue weighted by Gasteiger charge is 2.06. The van der Waals surface area contributed by atoms with Gasteiger partial charge in [0.15, 0.2) is 0 Å². The highest BCUT2D eigenvalue weighted by atomic mass is 15.6. The molecule has 2 aromatic heterocycles. The first-order chi connectivity index (χ1) is 8.56. The summed E-state index contributed by atoms with van der Waals surface area (Å²) in [6.45, 7) is 3.50. The van der Waals surface area contributed by atoms with E-state index < -0.39 is 0 Å². The van der Waals surface area contributed by atoms with Crippen LogP contribution in [0, 0.1) is 0 Å². The van der Waals surface area contributed by atoms with Crippen molar-refractivity contribution < 1.29 is 0 Å². The lowest BCUT2D eigenvalue weighted by molar-refractivity contribution is 0.629. The molecule has 0 bridgehead atoms. The van der Waals surface area contributed by atoms with Gasteiger partial charge in [0.05, 0.1) is 14.1 Å². The molecule has 2 aromatic rings. The van der Waals surface area contributed by atoms with E-state index in [9.17, 15) is 0 Å². The van der Waals surface area contributed by atoms with Crippen LogP contribution in [0.4, 0.5) is 0 Å². The molecule has 0 atom stereocenters. The van der Waals surface area contributed by atoms with E-state index >= 15 is 0 Å². The standard InChI is InChI=1S/C8H12N10/c1-5(7-11-15-17(3)13-7)9-10-6(2)8-12-16-18(4)14-8/h1-4H3/b9-5-,10-6-. The molecule has 0 aliphatic carbocycles. The van der Waals surface area contributed by atoms with E-state index in [0.717, 1.165) is 0 Å². The summed E-state index contributed by atoms with van der Waals surface area (Å²) in [5.74, 6) is 0.863. The van der Waals surface area contributed by atoms with Crippen molar-refractivity contribution in [1.29, 1.82) is 0 Å². The van der Waals surface area contributed by atoms with Crippen LogP contribution in [-0.4, -0.2) is 51.8 Å². The van der Waals surface area contributed by atoms with Gasteiger partial charge in [0.2, 0.25) is 11.6 Å². The van der Waals surface area contributed by atoms with E-state index in [0.29, 0.717) is 23.1 Å². The number of aryl methyl sites for hydroxylation is 2. The largest absolute Gasteiger partial charge is 0.220 e. The average molecular weight is 248 g/mol. The first-order valence-electron chi connectivity index (χ1n) is 5.14. The van der Waals surface area contributed by atoms with E-state index in [1.54, 1.807) is 27.9 Å². The molecule has 0 aromatic carbocycles. The predicted octanol–water partition coefficient (Wildman–Crippen LogP) is -1.03. The van der Waals surface area contributed by atoms with Gasteiger partial charge in [-0.3, -0.25) is 0 Å². The summed E-state index contributed by atoms with van der Waals surface area (Å²) < 4.78 is 0. The highest BCUT2D eigenvalue weighted by molar-refractivity contribution is 5.98. The van der Waals surface area contributed by atoms with Crippen LogP contribution >= 0.6 is 0 Å². The maximum absolute atomic E-state index is 4.01. The third-order valence-corrected chi connectivity index (χ3v) is 2.01. The summed E-state index contributed by atoms with van der Waals surface area (Å²) in [4.78, 5) is 2.71. The molecule has 0 unspecified atom stereocenters. The fourth-order valence-corrected chi connectivity index (χ4v) is 1.10. The minimum atomic E-state index is 0.432. The van der Waals surface area contributed by atoms with Crippen molar-refractivity contribution in [3.8, 4) is 0 Å². The Kier molecular flexibility index (Phi) is 3.17. The van der Waals surface area contributed by atoms with E-state index in [-0.39, 0.29) is 0 Å². The number of hydrogen-bond donors (Lipinski definition) is 0. The monoisotopic (exact) mass is 248 g/mol. The number of aromatic nitrogens is 8. The summed E-state index contributed by atoms with van der Waals surface area (Å²) in [5, 5.41) is 31.1. The van der Waals surface area contributed by atoms with Crippen molar-refractivity contribution in [3.63, 3.8) is 0 Å². The molecular formula is C8H12N10. The van der Waals surface area contributed by atoms with Crippen LogP contribution in [0.3, 0.4) is 0 Å². The summed E-state index contributed by atoms with van der Waals surface area (Å²) in [6.07, 6.45) is 0. The molecule has 0 aliphatic heterocycles. The summed E-state index contributed by atoms with van der Waals surface area (Å²) in [5.41, 5.74) is 1.12. The molecule has 94 valence electrons. The molecule has 0 aliphatic rings. The SMILES string of the molecule is C/C(=N/N=C(/C)c1nnn(C)n1)c1nnn(C)n1. The lowest BCUT2D eigenvalue weighted by atomic mass is 10.4. The Morgan fingerprint density at radius 1 is 0.833 bits per heavy atom. The summed E-state index contributed by atoms with van der Waals surface area (Å²) in [6, 6.07) is 0. The van der Waals surface area contributed by atoms with Crippen LogP contribution < -0.4 is 0 Å². The molecule has 10 heteroatoms. The van der Waals surface area contributed by atoms with Crippen molar-refractivity contribution in [2.24, 2.45) is 24.3 Å². The lowest BCUT2D eigenvalue weighted by Gasteiger charge is -1.91. The molecule has 2 heterocycles. The maximum atomic E-state index is 4.01. The molecule has 0 fully saturated rings. The van der Waals surface area contributed by atoms with Crippen LogP contribution in [0.1, 0.15) is 25.5 Å². The molecular weight excluding hydrogens is 236 g/mol. The first kappa shape index (κ1) is 12.0. The smallest absolute Gasteiger partial charge is 0.167 e. The zero-order valence-electron chi connectivity index (χ0n) is 10.5. The number of nitrogens with zero attached hydrogens (tertiary/aromatic N) is 10. The zero-order valence-corrected chi connectivity index (χ0v) is 10.5. The topological polar surface area (TPSA) is 112 Å². The zero-order chi connectivity index (χ0) is 13.1. The number of tetrazole rings is 2. The Balaban J connectivity index is 2.18. The molecule has 10 nitrogen and oxygen atoms in total. The fraction of sp³-hybridized carbons (Fsp3) is 0.500. The lowest BCUT2D eigenvalue weighted by Crippen LogP contribution is -2.02. The number of hydrogen-bond acceptors (Lipinski definition) is 8. The van der Waals surface area contributed by atoms with Gasteiger partial charge in [-0.15, -0.1) is 20.4 Å². The van der Waals surface area contributed by atoms with Gasteiger partial charge >= 0.3 is 0 Å². The molecule has 2 rings (SSSR count). The predicted molar refractivity (Wildman–Crippen MR) is 62.0 cm³/mol. The molecule has 18 heavy (non-hydrogen) atoms. The second kappa shape index (κ2) is 4.77. The molecule has 0 spiro atoms. The van der Waals surface area contributed by atoms with Crippen molar-refractivity contribution in [1.82, 2.24) is 40.4 Å². The van der Waals surface area contributed by atoms with Gasteiger partial charge in [0.1, 0.15) is 11.4 Å². The normalized spacial score (nSPS) is 13.1. The van der Waals surface area contributed by atoms with Gasteiger partial charge in [0, 0.05) is 0 Å². The molecule has 0 radical (unpaired) electrons. The average Bonchev–Trinajstić information content (AvgIpc) is 2.94. The van der Waals surface area contributed by atoms with E-state index in [1.165, 1.54) is 9.59 Å². The number of rotatable bonds is 3. The van der Waals surface area contributed by atoms with Crippen LogP contribution in [0.5, 0.6) is 0 Å². The van der Waals surface area contributed by atoms with Crippen molar-refractivity contribution in [2.75, 3.05) is 0 Å². The van der Waals surface area contributed by atoms with Crippen molar-refractivity contribution >= 4 is 11.4 Å². The van der Waals surface area contributed by atoms with Gasteiger partial charge in [-0.1, -0.05) is 0 Å². The van der Waals surface area contributed by atoms with Gasteiger partial charge < -0.3 is 0 Å². The van der Waals surface area contributed by atoms with Crippen LogP contribution in [0.25, 0.3) is 0 Å². The summed E-state index contributed by atoms with van der Waals surface area (Å²) in [7, 11) is 3.36. The van der Waals surface area contributed by atoms with E-state index in [1.807, 2.05) is 0 Å². The molecule has 0 amide bonds. The van der Waals surface area contributed by atoms with Gasteiger partial charge in [-0.25, -0.2) is 0 Å². The van der Waals surface area contributed by atoms with Crippen LogP contribution in [0.15, 0.2) is 10.2 Å². The Bertz CT molecular complexity index is 549. The Labute approximate surface area is 102 Å². The van der Waals surface area contributed by atoms with Gasteiger partial charge in [-0.05, 0) is 24.3 Å². The van der Waals surface area contributed by atoms with Crippen LogP contribution in [0.2, 0.25) is 0 Å².